The summed E-state index contributed by atoms with van der Waals surface area (Å²) in [6.07, 6.45) is 6.70. The summed E-state index contributed by atoms with van der Waals surface area (Å²) >= 11 is 0. The first-order chi connectivity index (χ1) is 10.1. The smallest absolute Gasteiger partial charge is 0.119 e. The summed E-state index contributed by atoms with van der Waals surface area (Å²) in [5.74, 6) is 2.20. The third-order valence-corrected chi connectivity index (χ3v) is 6.68. The molecule has 3 heteroatoms. The van der Waals surface area contributed by atoms with Crippen LogP contribution in [-0.4, -0.2) is 18.8 Å². The van der Waals surface area contributed by atoms with E-state index in [1.807, 2.05) is 12.1 Å². The Hall–Kier alpha value is -1.06. The van der Waals surface area contributed by atoms with Gasteiger partial charge >= 0.3 is 0 Å². The highest BCUT2D eigenvalue weighted by Gasteiger charge is 2.62. The van der Waals surface area contributed by atoms with Crippen LogP contribution in [-0.2, 0) is 12.0 Å². The molecular weight excluding hydrogens is 262 g/mol. The lowest BCUT2D eigenvalue weighted by molar-refractivity contribution is -0.115. The van der Waals surface area contributed by atoms with Crippen molar-refractivity contribution in [1.82, 2.24) is 0 Å². The summed E-state index contributed by atoms with van der Waals surface area (Å²) in [5, 5.41) is 11.7. The zero-order valence-corrected chi connectivity index (χ0v) is 12.8. The Morgan fingerprint density at radius 1 is 1.38 bits per heavy atom. The second-order valence-electron chi connectivity index (χ2n) is 7.32. The lowest BCUT2D eigenvalue weighted by Gasteiger charge is -2.48. The van der Waals surface area contributed by atoms with Crippen LogP contribution in [0.1, 0.15) is 43.2 Å². The van der Waals surface area contributed by atoms with E-state index in [1.165, 1.54) is 24.8 Å². The van der Waals surface area contributed by atoms with Gasteiger partial charge in [0.25, 0.3) is 0 Å². The Morgan fingerprint density at radius 3 is 2.86 bits per heavy atom. The Balaban J connectivity index is 1.82. The van der Waals surface area contributed by atoms with Gasteiger partial charge in [-0.1, -0.05) is 12.5 Å². The highest BCUT2D eigenvalue weighted by Crippen LogP contribution is 2.65. The van der Waals surface area contributed by atoms with E-state index in [1.54, 1.807) is 7.11 Å². The van der Waals surface area contributed by atoms with Crippen LogP contribution in [0.25, 0.3) is 0 Å². The van der Waals surface area contributed by atoms with Crippen LogP contribution in [0.2, 0.25) is 0 Å². The first-order valence-corrected chi connectivity index (χ1v) is 8.23. The van der Waals surface area contributed by atoms with Crippen LogP contribution in [0.4, 0.5) is 0 Å². The monoisotopic (exact) mass is 287 g/mol. The van der Waals surface area contributed by atoms with Crippen LogP contribution in [0.3, 0.4) is 0 Å². The summed E-state index contributed by atoms with van der Waals surface area (Å²) in [5.41, 5.74) is 7.74. The molecule has 21 heavy (non-hydrogen) atoms. The standard InChI is InChI=1S/C18H25NO2/c1-21-15-5-3-13-6-7-18(20,16(13)9-15)17(11-19)10-12-2-4-14(17)8-12/h3,5,9,12,14,20H,2,4,6-8,10-11,19H2,1H3. The van der Waals surface area contributed by atoms with Crippen LogP contribution in [0.5, 0.6) is 5.75 Å². The minimum absolute atomic E-state index is 0.118. The highest BCUT2D eigenvalue weighted by molar-refractivity contribution is 5.45. The summed E-state index contributed by atoms with van der Waals surface area (Å²) in [6, 6.07) is 6.16. The number of ether oxygens (including phenoxy) is 1. The van der Waals surface area contributed by atoms with Gasteiger partial charge in [-0.3, -0.25) is 0 Å². The van der Waals surface area contributed by atoms with Gasteiger partial charge in [-0.05, 0) is 67.2 Å². The van der Waals surface area contributed by atoms with Crippen LogP contribution in [0, 0.1) is 17.3 Å². The van der Waals surface area contributed by atoms with Gasteiger partial charge in [0.2, 0.25) is 0 Å². The molecule has 114 valence electrons. The molecule has 0 aliphatic heterocycles. The van der Waals surface area contributed by atoms with Crippen LogP contribution in [0.15, 0.2) is 18.2 Å². The van der Waals surface area contributed by atoms with Crippen LogP contribution < -0.4 is 10.5 Å². The molecule has 2 fully saturated rings. The second kappa shape index (κ2) is 4.47. The van der Waals surface area contributed by atoms with Crippen molar-refractivity contribution in [2.75, 3.05) is 13.7 Å². The number of rotatable bonds is 3. The van der Waals surface area contributed by atoms with Gasteiger partial charge in [0.15, 0.2) is 0 Å². The maximum Gasteiger partial charge on any atom is 0.119 e. The molecule has 1 aromatic carbocycles. The number of aryl methyl sites for hydroxylation is 1. The zero-order valence-electron chi connectivity index (χ0n) is 12.8. The Labute approximate surface area is 126 Å². The molecule has 2 bridgehead atoms. The molecule has 1 aromatic rings. The Kier molecular flexibility index (Phi) is 2.89. The number of nitrogens with two attached hydrogens (primary N) is 1. The number of benzene rings is 1. The molecule has 0 saturated heterocycles. The van der Waals surface area contributed by atoms with Crippen LogP contribution >= 0.6 is 0 Å². The summed E-state index contributed by atoms with van der Waals surface area (Å²) in [7, 11) is 1.69. The number of methoxy groups -OCH3 is 1. The lowest BCUT2D eigenvalue weighted by Crippen LogP contribution is -2.52. The van der Waals surface area contributed by atoms with E-state index in [2.05, 4.69) is 6.07 Å². The first kappa shape index (κ1) is 13.6. The normalized spacial score (nSPS) is 40.5. The van der Waals surface area contributed by atoms with Gasteiger partial charge in [-0.15, -0.1) is 0 Å². The van der Waals surface area contributed by atoms with Crippen molar-refractivity contribution in [2.45, 2.75) is 44.1 Å². The van der Waals surface area contributed by atoms with Gasteiger partial charge in [0.1, 0.15) is 5.75 Å². The molecule has 0 aromatic heterocycles. The average molecular weight is 287 g/mol. The summed E-state index contributed by atoms with van der Waals surface area (Å²) < 4.78 is 5.38. The van der Waals surface area contributed by atoms with E-state index >= 15 is 0 Å². The topological polar surface area (TPSA) is 55.5 Å². The van der Waals surface area contributed by atoms with E-state index in [9.17, 15) is 5.11 Å². The molecule has 0 heterocycles. The predicted molar refractivity (Wildman–Crippen MR) is 82.1 cm³/mol. The molecule has 3 aliphatic carbocycles. The minimum atomic E-state index is -0.758. The van der Waals surface area contributed by atoms with Crippen molar-refractivity contribution >= 4 is 0 Å². The van der Waals surface area contributed by atoms with Crippen molar-refractivity contribution in [3.8, 4) is 5.75 Å². The molecule has 3 nitrogen and oxygen atoms in total. The fraction of sp³-hybridized carbons (Fsp3) is 0.667. The maximum atomic E-state index is 11.7. The Morgan fingerprint density at radius 2 is 2.24 bits per heavy atom. The van der Waals surface area contributed by atoms with Gasteiger partial charge in [-0.2, -0.15) is 0 Å². The molecule has 2 saturated carbocycles. The van der Waals surface area contributed by atoms with E-state index < -0.39 is 5.60 Å². The molecule has 3 N–H and O–H groups in total. The molecule has 4 unspecified atom stereocenters. The number of fused-ring (bicyclic) bond motifs is 3. The maximum absolute atomic E-state index is 11.7. The molecule has 4 rings (SSSR count). The van der Waals surface area contributed by atoms with Crippen molar-refractivity contribution in [1.29, 1.82) is 0 Å². The van der Waals surface area contributed by atoms with Crippen molar-refractivity contribution in [3.05, 3.63) is 29.3 Å². The van der Waals surface area contributed by atoms with Gasteiger partial charge < -0.3 is 15.6 Å². The van der Waals surface area contributed by atoms with Crippen molar-refractivity contribution in [2.24, 2.45) is 23.0 Å². The minimum Gasteiger partial charge on any atom is -0.497 e. The molecule has 0 spiro atoms. The largest absolute Gasteiger partial charge is 0.497 e. The Bertz CT molecular complexity index is 572. The third-order valence-electron chi connectivity index (χ3n) is 6.68. The fourth-order valence-electron chi connectivity index (χ4n) is 5.62. The van der Waals surface area contributed by atoms with Gasteiger partial charge in [0.05, 0.1) is 12.7 Å². The second-order valence-corrected chi connectivity index (χ2v) is 7.32. The number of aliphatic hydroxyl groups is 1. The van der Waals surface area contributed by atoms with Crippen molar-refractivity contribution in [3.63, 3.8) is 0 Å². The third kappa shape index (κ3) is 1.62. The molecule has 4 atom stereocenters. The molecular formula is C18H25NO2. The van der Waals surface area contributed by atoms with E-state index in [0.29, 0.717) is 12.5 Å². The number of hydrogen-bond acceptors (Lipinski definition) is 3. The quantitative estimate of drug-likeness (QED) is 0.898. The number of hydrogen-bond donors (Lipinski definition) is 2. The first-order valence-electron chi connectivity index (χ1n) is 8.23. The fourth-order valence-corrected chi connectivity index (χ4v) is 5.62. The lowest BCUT2D eigenvalue weighted by atomic mass is 9.60. The molecule has 3 aliphatic rings. The van der Waals surface area contributed by atoms with E-state index in [4.69, 9.17) is 10.5 Å². The average Bonchev–Trinajstić information content (AvgIpc) is 3.21. The SMILES string of the molecule is COc1ccc2c(c1)C(O)(C1(CN)CC3CCC1C3)CC2. The predicted octanol–water partition coefficient (Wildman–Crippen LogP) is 2.59. The van der Waals surface area contributed by atoms with E-state index in [-0.39, 0.29) is 5.41 Å². The van der Waals surface area contributed by atoms with Gasteiger partial charge in [-0.25, -0.2) is 0 Å². The highest BCUT2D eigenvalue weighted by atomic mass is 16.5. The van der Waals surface area contributed by atoms with Crippen molar-refractivity contribution < 1.29 is 9.84 Å². The molecule has 0 radical (unpaired) electrons. The summed E-state index contributed by atoms with van der Waals surface area (Å²) in [6.45, 7) is 0.599. The van der Waals surface area contributed by atoms with Gasteiger partial charge in [0, 0.05) is 12.0 Å². The summed E-state index contributed by atoms with van der Waals surface area (Å²) in [4.78, 5) is 0. The zero-order chi connectivity index (χ0) is 14.7. The molecule has 0 amide bonds. The van der Waals surface area contributed by atoms with E-state index in [0.717, 1.165) is 36.5 Å².